The molecule has 0 radical (unpaired) electrons. The minimum atomic E-state index is -3.44. The van der Waals surface area contributed by atoms with Crippen LogP contribution in [0.5, 0.6) is 0 Å². The molecule has 0 unspecified atom stereocenters. The smallest absolute Gasteiger partial charge is 0.277 e. The van der Waals surface area contributed by atoms with Gasteiger partial charge in [-0.1, -0.05) is 6.07 Å². The van der Waals surface area contributed by atoms with Crippen molar-refractivity contribution in [3.8, 4) is 0 Å². The number of hydrogen-bond donors (Lipinski definition) is 1. The van der Waals surface area contributed by atoms with Crippen LogP contribution in [0.3, 0.4) is 0 Å². The number of carbonyl (C=O) groups excluding carboxylic acids is 1. The maximum absolute atomic E-state index is 13.1. The summed E-state index contributed by atoms with van der Waals surface area (Å²) in [5.74, 6) is 0.216. The van der Waals surface area contributed by atoms with Gasteiger partial charge in [0, 0.05) is 13.1 Å². The molecule has 1 amide bonds. The van der Waals surface area contributed by atoms with E-state index in [9.17, 15) is 13.2 Å². The zero-order chi connectivity index (χ0) is 18.9. The van der Waals surface area contributed by atoms with E-state index >= 15 is 0 Å². The van der Waals surface area contributed by atoms with Crippen LogP contribution in [0.1, 0.15) is 36.8 Å². The molecule has 0 spiro atoms. The first kappa shape index (κ1) is 18.9. The third-order valence-electron chi connectivity index (χ3n) is 6.25. The number of piperazine rings is 1. The maximum Gasteiger partial charge on any atom is 0.277 e. The average Bonchev–Trinajstić information content (AvgIpc) is 3.23. The summed E-state index contributed by atoms with van der Waals surface area (Å²) >= 11 is 0. The topological polar surface area (TPSA) is 62.1 Å². The van der Waals surface area contributed by atoms with E-state index in [4.69, 9.17) is 0 Å². The largest absolute Gasteiger partial charge is 0.338 e. The second kappa shape index (κ2) is 7.89. The second-order valence-electron chi connectivity index (χ2n) is 8.06. The SMILES string of the molecule is O=C(C[NH+]1CCN(S(=O)(=O)c2ccc3c(c2)CCCC3)CC1)N1CCCC1. The molecule has 0 aromatic heterocycles. The number of nitrogens with one attached hydrogen (secondary N) is 1. The van der Waals surface area contributed by atoms with Crippen molar-refractivity contribution >= 4 is 15.9 Å². The van der Waals surface area contributed by atoms with E-state index in [-0.39, 0.29) is 5.91 Å². The lowest BCUT2D eigenvalue weighted by Gasteiger charge is -2.32. The fraction of sp³-hybridized carbons (Fsp3) is 0.650. The molecule has 1 aromatic carbocycles. The Morgan fingerprint density at radius 2 is 1.59 bits per heavy atom. The summed E-state index contributed by atoms with van der Waals surface area (Å²) in [6.07, 6.45) is 6.59. The molecular formula is C20H30N3O3S+. The van der Waals surface area contributed by atoms with Gasteiger partial charge in [0.1, 0.15) is 0 Å². The molecule has 0 saturated carbocycles. The van der Waals surface area contributed by atoms with Crippen molar-refractivity contribution in [3.05, 3.63) is 29.3 Å². The molecule has 1 aliphatic carbocycles. The Labute approximate surface area is 162 Å². The minimum Gasteiger partial charge on any atom is -0.338 e. The molecule has 2 fully saturated rings. The Hall–Kier alpha value is -1.44. The van der Waals surface area contributed by atoms with Gasteiger partial charge < -0.3 is 9.80 Å². The second-order valence-corrected chi connectivity index (χ2v) is 9.99. The van der Waals surface area contributed by atoms with Gasteiger partial charge in [-0.3, -0.25) is 4.79 Å². The van der Waals surface area contributed by atoms with Gasteiger partial charge in [0.25, 0.3) is 5.91 Å². The lowest BCUT2D eigenvalue weighted by atomic mass is 9.92. The zero-order valence-corrected chi connectivity index (χ0v) is 16.8. The lowest BCUT2D eigenvalue weighted by Crippen LogP contribution is -3.15. The quantitative estimate of drug-likeness (QED) is 0.789. The van der Waals surface area contributed by atoms with Gasteiger partial charge in [-0.25, -0.2) is 8.42 Å². The summed E-state index contributed by atoms with van der Waals surface area (Å²) in [6, 6.07) is 5.66. The highest BCUT2D eigenvalue weighted by Gasteiger charge is 2.32. The van der Waals surface area contributed by atoms with Crippen molar-refractivity contribution in [2.75, 3.05) is 45.8 Å². The van der Waals surface area contributed by atoms with E-state index in [2.05, 4.69) is 0 Å². The fourth-order valence-corrected chi connectivity index (χ4v) is 6.02. The molecule has 2 aliphatic heterocycles. The molecule has 0 atom stereocenters. The third-order valence-corrected chi connectivity index (χ3v) is 8.14. The number of amides is 1. The van der Waals surface area contributed by atoms with E-state index in [0.29, 0.717) is 37.6 Å². The van der Waals surface area contributed by atoms with E-state index < -0.39 is 10.0 Å². The number of aryl methyl sites for hydroxylation is 2. The first-order valence-electron chi connectivity index (χ1n) is 10.3. The number of likely N-dealkylation sites (tertiary alicyclic amines) is 1. The summed E-state index contributed by atoms with van der Waals surface area (Å²) in [5.41, 5.74) is 2.50. The standard InChI is InChI=1S/C20H29N3O3S/c24-20(22-9-3-4-10-22)16-21-11-13-23(14-12-21)27(25,26)19-8-7-17-5-1-2-6-18(17)15-19/h7-8,15H,1-6,9-14,16H2/p+1. The number of hydrogen-bond acceptors (Lipinski definition) is 3. The number of quaternary nitrogens is 1. The number of rotatable bonds is 4. The summed E-state index contributed by atoms with van der Waals surface area (Å²) in [7, 11) is -3.44. The number of carbonyl (C=O) groups is 1. The van der Waals surface area contributed by atoms with Crippen LogP contribution in [0, 0.1) is 0 Å². The molecule has 0 bridgehead atoms. The Morgan fingerprint density at radius 3 is 2.30 bits per heavy atom. The minimum absolute atomic E-state index is 0.216. The molecule has 4 rings (SSSR count). The molecule has 1 aromatic rings. The number of fused-ring (bicyclic) bond motifs is 1. The average molecular weight is 393 g/mol. The molecular weight excluding hydrogens is 362 g/mol. The highest BCUT2D eigenvalue weighted by Crippen LogP contribution is 2.25. The molecule has 6 nitrogen and oxygen atoms in total. The predicted octanol–water partition coefficient (Wildman–Crippen LogP) is 0.0770. The molecule has 2 saturated heterocycles. The normalized spacial score (nSPS) is 22.0. The highest BCUT2D eigenvalue weighted by molar-refractivity contribution is 7.89. The van der Waals surface area contributed by atoms with E-state index in [1.54, 1.807) is 10.4 Å². The van der Waals surface area contributed by atoms with Crippen LogP contribution in [0.25, 0.3) is 0 Å². The Balaban J connectivity index is 1.37. The summed E-state index contributed by atoms with van der Waals surface area (Å²) in [6.45, 7) is 4.63. The monoisotopic (exact) mass is 392 g/mol. The number of sulfonamides is 1. The van der Waals surface area contributed by atoms with Crippen LogP contribution < -0.4 is 4.90 Å². The zero-order valence-electron chi connectivity index (χ0n) is 16.0. The molecule has 27 heavy (non-hydrogen) atoms. The van der Waals surface area contributed by atoms with E-state index in [1.807, 2.05) is 17.0 Å². The molecule has 7 heteroatoms. The van der Waals surface area contributed by atoms with Gasteiger partial charge in [-0.05, 0) is 61.8 Å². The molecule has 2 heterocycles. The number of nitrogens with zero attached hydrogens (tertiary/aromatic N) is 2. The van der Waals surface area contributed by atoms with Crippen LogP contribution in [0.15, 0.2) is 23.1 Å². The Kier molecular flexibility index (Phi) is 5.53. The summed E-state index contributed by atoms with van der Waals surface area (Å²) in [5, 5.41) is 0. The van der Waals surface area contributed by atoms with E-state index in [1.165, 1.54) is 22.4 Å². The predicted molar refractivity (Wildman–Crippen MR) is 103 cm³/mol. The van der Waals surface area contributed by atoms with Crippen molar-refractivity contribution in [2.45, 2.75) is 43.4 Å². The number of benzene rings is 1. The summed E-state index contributed by atoms with van der Waals surface area (Å²) < 4.78 is 27.7. The summed E-state index contributed by atoms with van der Waals surface area (Å²) in [4.78, 5) is 15.9. The maximum atomic E-state index is 13.1. The Morgan fingerprint density at radius 1 is 0.926 bits per heavy atom. The van der Waals surface area contributed by atoms with Gasteiger partial charge in [-0.2, -0.15) is 4.31 Å². The van der Waals surface area contributed by atoms with Gasteiger partial charge in [0.05, 0.1) is 31.1 Å². The van der Waals surface area contributed by atoms with Crippen molar-refractivity contribution in [1.82, 2.24) is 9.21 Å². The van der Waals surface area contributed by atoms with Crippen molar-refractivity contribution < 1.29 is 18.1 Å². The van der Waals surface area contributed by atoms with Gasteiger partial charge >= 0.3 is 0 Å². The highest BCUT2D eigenvalue weighted by atomic mass is 32.2. The first-order valence-corrected chi connectivity index (χ1v) is 11.7. The van der Waals surface area contributed by atoms with Crippen LogP contribution >= 0.6 is 0 Å². The molecule has 1 N–H and O–H groups in total. The third kappa shape index (κ3) is 4.05. The fourth-order valence-electron chi connectivity index (χ4n) is 4.53. The molecule has 3 aliphatic rings. The van der Waals surface area contributed by atoms with Gasteiger partial charge in [-0.15, -0.1) is 0 Å². The van der Waals surface area contributed by atoms with Crippen LogP contribution in [0.4, 0.5) is 0 Å². The van der Waals surface area contributed by atoms with Crippen LogP contribution in [0.2, 0.25) is 0 Å². The van der Waals surface area contributed by atoms with Gasteiger partial charge in [0.2, 0.25) is 10.0 Å². The first-order chi connectivity index (χ1) is 13.0. The van der Waals surface area contributed by atoms with Crippen molar-refractivity contribution in [2.24, 2.45) is 0 Å². The van der Waals surface area contributed by atoms with E-state index in [0.717, 1.165) is 45.2 Å². The van der Waals surface area contributed by atoms with Crippen LogP contribution in [-0.2, 0) is 27.7 Å². The van der Waals surface area contributed by atoms with Crippen molar-refractivity contribution in [3.63, 3.8) is 0 Å². The molecule has 148 valence electrons. The van der Waals surface area contributed by atoms with Crippen molar-refractivity contribution in [1.29, 1.82) is 0 Å². The Bertz CT molecular complexity index is 795. The van der Waals surface area contributed by atoms with Gasteiger partial charge in [0.15, 0.2) is 6.54 Å². The van der Waals surface area contributed by atoms with Crippen LogP contribution in [-0.4, -0.2) is 69.3 Å². The lowest BCUT2D eigenvalue weighted by molar-refractivity contribution is -0.896.